The highest BCUT2D eigenvalue weighted by molar-refractivity contribution is 7.87. The maximum Gasteiger partial charge on any atom is 0.279 e. The summed E-state index contributed by atoms with van der Waals surface area (Å²) in [4.78, 5) is 0. The molecule has 6 nitrogen and oxygen atoms in total. The molecule has 0 amide bonds. The quantitative estimate of drug-likeness (QED) is 0.549. The van der Waals surface area contributed by atoms with Crippen molar-refractivity contribution in [2.75, 3.05) is 46.4 Å². The molecule has 7 heteroatoms. The number of rotatable bonds is 5. The lowest BCUT2D eigenvalue weighted by Crippen LogP contribution is -2.50. The van der Waals surface area contributed by atoms with Crippen molar-refractivity contribution in [1.82, 2.24) is 14.3 Å². The fourth-order valence-corrected chi connectivity index (χ4v) is 2.44. The molecule has 1 aliphatic rings. The molecule has 2 N–H and O–H groups in total. The predicted octanol–water partition coefficient (Wildman–Crippen LogP) is -1.63. The van der Waals surface area contributed by atoms with Crippen LogP contribution in [0.15, 0.2) is 0 Å². The van der Waals surface area contributed by atoms with Crippen molar-refractivity contribution in [3.05, 3.63) is 0 Å². The molecule has 1 rings (SSSR count). The van der Waals surface area contributed by atoms with E-state index >= 15 is 0 Å². The Morgan fingerprint density at radius 1 is 1.43 bits per heavy atom. The molecule has 0 saturated carbocycles. The summed E-state index contributed by atoms with van der Waals surface area (Å²) < 4.78 is 31.9. The first-order valence-electron chi connectivity index (χ1n) is 4.61. The number of methoxy groups -OCH3 is 1. The predicted molar refractivity (Wildman–Crippen MR) is 53.2 cm³/mol. The first-order valence-corrected chi connectivity index (χ1v) is 6.05. The van der Waals surface area contributed by atoms with E-state index in [-0.39, 0.29) is 0 Å². The molecule has 1 fully saturated rings. The highest BCUT2D eigenvalue weighted by Gasteiger charge is 2.22. The van der Waals surface area contributed by atoms with Crippen molar-refractivity contribution < 1.29 is 13.2 Å². The highest BCUT2D eigenvalue weighted by atomic mass is 32.2. The molecule has 14 heavy (non-hydrogen) atoms. The summed E-state index contributed by atoms with van der Waals surface area (Å²) in [7, 11) is -1.75. The highest BCUT2D eigenvalue weighted by Crippen LogP contribution is 1.98. The number of nitrogens with one attached hydrogen (secondary N) is 2. The van der Waals surface area contributed by atoms with Gasteiger partial charge in [0, 0.05) is 39.8 Å². The van der Waals surface area contributed by atoms with E-state index in [1.54, 1.807) is 7.11 Å². The molecule has 0 radical (unpaired) electrons. The molecular formula is C7H17N3O3S. The van der Waals surface area contributed by atoms with Gasteiger partial charge in [-0.2, -0.15) is 17.4 Å². The zero-order valence-corrected chi connectivity index (χ0v) is 9.14. The fraction of sp³-hybridized carbons (Fsp3) is 1.00. The van der Waals surface area contributed by atoms with Crippen molar-refractivity contribution in [1.29, 1.82) is 0 Å². The summed E-state index contributed by atoms with van der Waals surface area (Å²) in [5, 5.41) is 3.10. The average molecular weight is 223 g/mol. The van der Waals surface area contributed by atoms with Crippen molar-refractivity contribution in [2.24, 2.45) is 0 Å². The zero-order valence-electron chi connectivity index (χ0n) is 8.32. The van der Waals surface area contributed by atoms with Crippen molar-refractivity contribution in [3.8, 4) is 0 Å². The minimum atomic E-state index is -3.29. The van der Waals surface area contributed by atoms with Gasteiger partial charge < -0.3 is 10.1 Å². The van der Waals surface area contributed by atoms with E-state index in [1.807, 2.05) is 0 Å². The second-order valence-corrected chi connectivity index (χ2v) is 4.80. The first-order chi connectivity index (χ1) is 6.67. The summed E-state index contributed by atoms with van der Waals surface area (Å²) in [6.07, 6.45) is 0. The largest absolute Gasteiger partial charge is 0.383 e. The fourth-order valence-electron chi connectivity index (χ4n) is 1.25. The maximum absolute atomic E-state index is 11.6. The summed E-state index contributed by atoms with van der Waals surface area (Å²) in [5.74, 6) is 0. The van der Waals surface area contributed by atoms with E-state index in [2.05, 4.69) is 10.0 Å². The van der Waals surface area contributed by atoms with Crippen LogP contribution in [-0.4, -0.2) is 59.2 Å². The molecule has 1 saturated heterocycles. The Morgan fingerprint density at radius 2 is 2.07 bits per heavy atom. The number of nitrogens with zero attached hydrogens (tertiary/aromatic N) is 1. The van der Waals surface area contributed by atoms with Crippen LogP contribution in [0, 0.1) is 0 Å². The van der Waals surface area contributed by atoms with Gasteiger partial charge in [0.1, 0.15) is 0 Å². The lowest BCUT2D eigenvalue weighted by molar-refractivity contribution is 0.203. The van der Waals surface area contributed by atoms with E-state index in [0.717, 1.165) is 0 Å². The maximum atomic E-state index is 11.6. The van der Waals surface area contributed by atoms with Crippen LogP contribution in [0.3, 0.4) is 0 Å². The Kier molecular flexibility index (Phi) is 4.76. The standard InChI is InChI=1S/C7H17N3O3S/c1-13-7-4-9-14(11,12)10-5-2-8-3-6-10/h8-9H,2-7H2,1H3. The Balaban J connectivity index is 2.38. The van der Waals surface area contributed by atoms with Crippen molar-refractivity contribution in [2.45, 2.75) is 0 Å². The van der Waals surface area contributed by atoms with E-state index < -0.39 is 10.2 Å². The third-order valence-electron chi connectivity index (χ3n) is 2.01. The van der Waals surface area contributed by atoms with Gasteiger partial charge in [-0.3, -0.25) is 0 Å². The van der Waals surface area contributed by atoms with Gasteiger partial charge >= 0.3 is 0 Å². The van der Waals surface area contributed by atoms with E-state index in [9.17, 15) is 8.42 Å². The van der Waals surface area contributed by atoms with Crippen LogP contribution >= 0.6 is 0 Å². The SMILES string of the molecule is COCCNS(=O)(=O)N1CCNCC1. The third-order valence-corrected chi connectivity index (χ3v) is 3.62. The molecular weight excluding hydrogens is 206 g/mol. The van der Waals surface area contributed by atoms with Gasteiger partial charge in [0.25, 0.3) is 10.2 Å². The minimum Gasteiger partial charge on any atom is -0.383 e. The minimum absolute atomic E-state index is 0.322. The molecule has 1 heterocycles. The van der Waals surface area contributed by atoms with Gasteiger partial charge in [-0.25, -0.2) is 0 Å². The molecule has 0 unspecified atom stereocenters. The van der Waals surface area contributed by atoms with Gasteiger partial charge in [0.2, 0.25) is 0 Å². The van der Waals surface area contributed by atoms with Crippen molar-refractivity contribution in [3.63, 3.8) is 0 Å². The van der Waals surface area contributed by atoms with Crippen molar-refractivity contribution >= 4 is 10.2 Å². The lowest BCUT2D eigenvalue weighted by atomic mass is 10.4. The van der Waals surface area contributed by atoms with E-state index in [1.165, 1.54) is 4.31 Å². The topological polar surface area (TPSA) is 70.7 Å². The first kappa shape index (κ1) is 11.9. The molecule has 0 aromatic heterocycles. The van der Waals surface area contributed by atoms with E-state index in [4.69, 9.17) is 4.74 Å². The van der Waals surface area contributed by atoms with Crippen LogP contribution < -0.4 is 10.0 Å². The smallest absolute Gasteiger partial charge is 0.279 e. The van der Waals surface area contributed by atoms with Crippen LogP contribution in [0.4, 0.5) is 0 Å². The third kappa shape index (κ3) is 3.50. The molecule has 0 aromatic carbocycles. The van der Waals surface area contributed by atoms with Crippen LogP contribution in [0.25, 0.3) is 0 Å². The van der Waals surface area contributed by atoms with Gasteiger partial charge in [-0.05, 0) is 0 Å². The molecule has 0 aliphatic carbocycles. The van der Waals surface area contributed by atoms with Gasteiger partial charge in [-0.1, -0.05) is 0 Å². The van der Waals surface area contributed by atoms with Gasteiger partial charge in [0.05, 0.1) is 6.61 Å². The summed E-state index contributed by atoms with van der Waals surface area (Å²) in [6, 6.07) is 0. The Morgan fingerprint density at radius 3 is 2.64 bits per heavy atom. The summed E-state index contributed by atoms with van der Waals surface area (Å²) in [5.41, 5.74) is 0. The number of hydrogen-bond acceptors (Lipinski definition) is 4. The Labute approximate surface area is 84.8 Å². The van der Waals surface area contributed by atoms with Gasteiger partial charge in [-0.15, -0.1) is 0 Å². The number of piperazine rings is 1. The van der Waals surface area contributed by atoms with Gasteiger partial charge in [0.15, 0.2) is 0 Å². The monoisotopic (exact) mass is 223 g/mol. The summed E-state index contributed by atoms with van der Waals surface area (Å²) in [6.45, 7) is 3.20. The Bertz CT molecular complexity index is 249. The average Bonchev–Trinajstić information content (AvgIpc) is 2.19. The van der Waals surface area contributed by atoms with E-state index in [0.29, 0.717) is 39.3 Å². The molecule has 0 spiro atoms. The molecule has 0 aromatic rings. The second-order valence-electron chi connectivity index (χ2n) is 3.04. The number of ether oxygens (including phenoxy) is 1. The summed E-state index contributed by atoms with van der Waals surface area (Å²) >= 11 is 0. The molecule has 0 atom stereocenters. The molecule has 1 aliphatic heterocycles. The molecule has 84 valence electrons. The van der Waals surface area contributed by atoms with Crippen LogP contribution in [0.1, 0.15) is 0 Å². The number of hydrogen-bond donors (Lipinski definition) is 2. The molecule has 0 bridgehead atoms. The van der Waals surface area contributed by atoms with Crippen LogP contribution in [0.2, 0.25) is 0 Å². The van der Waals surface area contributed by atoms with Crippen LogP contribution in [-0.2, 0) is 14.9 Å². The second kappa shape index (κ2) is 5.62. The Hall–Kier alpha value is -0.210. The van der Waals surface area contributed by atoms with Crippen LogP contribution in [0.5, 0.6) is 0 Å². The normalized spacial score (nSPS) is 19.8. The zero-order chi connectivity index (χ0) is 10.4. The lowest BCUT2D eigenvalue weighted by Gasteiger charge is -2.26.